The molecule has 0 amide bonds. The lowest BCUT2D eigenvalue weighted by Crippen LogP contribution is -1.53. The van der Waals surface area contributed by atoms with Crippen LogP contribution in [0, 0.1) is 0 Å². The molecule has 0 aromatic rings. The van der Waals surface area contributed by atoms with E-state index in [2.05, 4.69) is 0 Å². The Balaban J connectivity index is 3.27. The summed E-state index contributed by atoms with van der Waals surface area (Å²) < 4.78 is 0. The van der Waals surface area contributed by atoms with Crippen molar-refractivity contribution >= 4 is 6.29 Å². The second-order valence-electron chi connectivity index (χ2n) is 1.00. The highest BCUT2D eigenvalue weighted by atomic mass is 16.1. The maximum absolute atomic E-state index is 9.43. The van der Waals surface area contributed by atoms with Crippen LogP contribution >= 0.6 is 0 Å². The Bertz CT molecular complexity index is 90.4. The Labute approximate surface area is 43.3 Å². The molecule has 0 aromatic heterocycles. The Morgan fingerprint density at radius 2 is 2.14 bits per heavy atom. The van der Waals surface area contributed by atoms with E-state index in [4.69, 9.17) is 0 Å². The van der Waals surface area contributed by atoms with E-state index in [1.54, 1.807) is 18.4 Å². The van der Waals surface area contributed by atoms with Crippen LogP contribution in [0.25, 0.3) is 0 Å². The summed E-state index contributed by atoms with van der Waals surface area (Å²) in [5.74, 6) is 0. The van der Waals surface area contributed by atoms with Crippen molar-refractivity contribution in [3.63, 3.8) is 0 Å². The third kappa shape index (κ3) is 5.15. The van der Waals surface area contributed by atoms with Crippen LogP contribution in [0.2, 0.25) is 0 Å². The summed E-state index contributed by atoms with van der Waals surface area (Å²) in [6, 6.07) is 0. The van der Waals surface area contributed by atoms with Gasteiger partial charge in [-0.2, -0.15) is 6.08 Å². The van der Waals surface area contributed by atoms with Crippen LogP contribution in [0.1, 0.15) is 6.92 Å². The molecule has 0 heterocycles. The first-order valence-corrected chi connectivity index (χ1v) is 2.07. The van der Waals surface area contributed by atoms with E-state index >= 15 is 0 Å². The van der Waals surface area contributed by atoms with Crippen LogP contribution < -0.4 is 0 Å². The van der Waals surface area contributed by atoms with E-state index in [9.17, 15) is 4.79 Å². The van der Waals surface area contributed by atoms with Gasteiger partial charge in [0.15, 0.2) is 0 Å². The average molecular weight is 95.1 g/mol. The van der Waals surface area contributed by atoms with E-state index in [-0.39, 0.29) is 0 Å². The van der Waals surface area contributed by atoms with E-state index in [0.717, 1.165) is 0 Å². The van der Waals surface area contributed by atoms with Gasteiger partial charge in [0.05, 0.1) is 0 Å². The molecule has 1 nitrogen and oxygen atoms in total. The van der Waals surface area contributed by atoms with Crippen LogP contribution in [0.15, 0.2) is 24.3 Å². The number of hydrogen-bond acceptors (Lipinski definition) is 1. The van der Waals surface area contributed by atoms with Crippen molar-refractivity contribution in [2.24, 2.45) is 0 Å². The predicted octanol–water partition coefficient (Wildman–Crippen LogP) is 1.23. The zero-order chi connectivity index (χ0) is 5.54. The quantitative estimate of drug-likeness (QED) is 0.286. The molecule has 0 radical (unpaired) electrons. The van der Waals surface area contributed by atoms with Crippen molar-refractivity contribution in [3.8, 4) is 0 Å². The number of hydrogen-bond donors (Lipinski definition) is 0. The third-order valence-corrected chi connectivity index (χ3v) is 0.468. The Hall–Kier alpha value is -0.850. The van der Waals surface area contributed by atoms with Crippen LogP contribution in [-0.2, 0) is 4.79 Å². The molecule has 0 saturated heterocycles. The molecule has 0 aliphatic rings. The molecule has 0 spiro atoms. The van der Waals surface area contributed by atoms with Gasteiger partial charge in [-0.3, -0.25) is 0 Å². The summed E-state index contributed by atoms with van der Waals surface area (Å²) in [5, 5.41) is 0. The monoisotopic (exact) mass is 95.1 g/mol. The normalized spacial score (nSPS) is 11.0. The van der Waals surface area contributed by atoms with Gasteiger partial charge >= 0.3 is 0 Å². The topological polar surface area (TPSA) is 17.1 Å². The fraction of sp³-hybridized carbons (Fsp3) is 0.167. The van der Waals surface area contributed by atoms with Crippen molar-refractivity contribution in [2.75, 3.05) is 0 Å². The van der Waals surface area contributed by atoms with Gasteiger partial charge in [0.25, 0.3) is 0 Å². The van der Waals surface area contributed by atoms with Crippen molar-refractivity contribution in [3.05, 3.63) is 24.3 Å². The summed E-state index contributed by atoms with van der Waals surface area (Å²) in [4.78, 5) is 9.43. The average Bonchev–Trinajstić information content (AvgIpc) is 1.69. The van der Waals surface area contributed by atoms with E-state index in [1.807, 2.05) is 13.0 Å². The zero-order valence-corrected chi connectivity index (χ0v) is 4.22. The van der Waals surface area contributed by atoms with Crippen LogP contribution in [0.4, 0.5) is 0 Å². The van der Waals surface area contributed by atoms with Gasteiger partial charge in [-0.1, -0.05) is 0 Å². The lowest BCUT2D eigenvalue weighted by Gasteiger charge is -1.74. The summed E-state index contributed by atoms with van der Waals surface area (Å²) in [5.41, 5.74) is 0. The minimum Gasteiger partial charge on any atom is -0.419 e. The van der Waals surface area contributed by atoms with Crippen LogP contribution in [-0.4, -0.2) is 6.29 Å². The summed E-state index contributed by atoms with van der Waals surface area (Å²) in [6.07, 6.45) is 8.18. The first-order valence-electron chi connectivity index (χ1n) is 2.07. The van der Waals surface area contributed by atoms with Gasteiger partial charge < -0.3 is 4.79 Å². The standard InChI is InChI=1S/C6H7O/c1-2-3-4-5-6-7/h2-5H,1H3/q-1/b3-2+,5-4+. The van der Waals surface area contributed by atoms with Crippen LogP contribution in [0.5, 0.6) is 0 Å². The molecule has 0 unspecified atom stereocenters. The first kappa shape index (κ1) is 6.15. The van der Waals surface area contributed by atoms with Gasteiger partial charge in [0.1, 0.15) is 0 Å². The van der Waals surface area contributed by atoms with Crippen molar-refractivity contribution in [1.82, 2.24) is 0 Å². The molecule has 1 heteroatoms. The molecule has 0 N–H and O–H groups in total. The SMILES string of the molecule is C/C=C/C=C/[C-]=O. The fourth-order valence-electron chi connectivity index (χ4n) is 0.206. The molecule has 0 rings (SSSR count). The summed E-state index contributed by atoms with van der Waals surface area (Å²) in [7, 11) is 0. The van der Waals surface area contributed by atoms with Crippen LogP contribution in [0.3, 0.4) is 0 Å². The minimum atomic E-state index is 1.32. The second-order valence-corrected chi connectivity index (χ2v) is 1.00. The molecule has 0 aliphatic carbocycles. The molecule has 0 fully saturated rings. The Morgan fingerprint density at radius 1 is 1.43 bits per heavy atom. The third-order valence-electron chi connectivity index (χ3n) is 0.468. The maximum Gasteiger partial charge on any atom is -0.0142 e. The Kier molecular flexibility index (Phi) is 4.52. The Morgan fingerprint density at radius 3 is 2.57 bits per heavy atom. The maximum atomic E-state index is 9.43. The smallest absolute Gasteiger partial charge is 0.0142 e. The molecular formula is C6H7O-. The highest BCUT2D eigenvalue weighted by Crippen LogP contribution is 1.70. The molecule has 7 heavy (non-hydrogen) atoms. The number of carbonyl (C=O) groups excluding carboxylic acids is 1. The number of allylic oxidation sites excluding steroid dienone is 4. The van der Waals surface area contributed by atoms with E-state index < -0.39 is 0 Å². The highest BCUT2D eigenvalue weighted by molar-refractivity contribution is 5.66. The van der Waals surface area contributed by atoms with Crippen molar-refractivity contribution in [2.45, 2.75) is 6.92 Å². The predicted molar refractivity (Wildman–Crippen MR) is 29.6 cm³/mol. The van der Waals surface area contributed by atoms with E-state index in [1.165, 1.54) is 6.08 Å². The second kappa shape index (κ2) is 5.15. The van der Waals surface area contributed by atoms with Gasteiger partial charge in [0.2, 0.25) is 0 Å². The minimum absolute atomic E-state index is 1.32. The van der Waals surface area contributed by atoms with E-state index in [0.29, 0.717) is 0 Å². The molecule has 0 bridgehead atoms. The molecule has 0 aromatic carbocycles. The molecule has 0 atom stereocenters. The molecule has 0 aliphatic heterocycles. The first-order chi connectivity index (χ1) is 3.41. The van der Waals surface area contributed by atoms with Gasteiger partial charge in [-0.05, 0) is 13.2 Å². The fourth-order valence-corrected chi connectivity index (χ4v) is 0.206. The van der Waals surface area contributed by atoms with Crippen molar-refractivity contribution < 1.29 is 4.79 Å². The summed E-state index contributed by atoms with van der Waals surface area (Å²) >= 11 is 0. The lowest BCUT2D eigenvalue weighted by molar-refractivity contribution is 0.564. The molecular weight excluding hydrogens is 88.1 g/mol. The molecule has 0 saturated carbocycles. The van der Waals surface area contributed by atoms with Gasteiger partial charge in [-0.25, -0.2) is 6.08 Å². The van der Waals surface area contributed by atoms with Gasteiger partial charge in [-0.15, -0.1) is 12.2 Å². The summed E-state index contributed by atoms with van der Waals surface area (Å²) in [6.45, 7) is 1.88. The largest absolute Gasteiger partial charge is 0.419 e. The number of rotatable bonds is 2. The van der Waals surface area contributed by atoms with Gasteiger partial charge in [0, 0.05) is 0 Å². The molecule has 38 valence electrons. The zero-order valence-electron chi connectivity index (χ0n) is 4.22. The van der Waals surface area contributed by atoms with Crippen molar-refractivity contribution in [1.29, 1.82) is 0 Å². The lowest BCUT2D eigenvalue weighted by atomic mass is 10.5. The highest BCUT2D eigenvalue weighted by Gasteiger charge is 1.44.